The van der Waals surface area contributed by atoms with Crippen LogP contribution in [-0.2, 0) is 0 Å². The molecule has 0 N–H and O–H groups in total. The molecule has 5 nitrogen and oxygen atoms in total. The van der Waals surface area contributed by atoms with E-state index in [0.29, 0.717) is 11.7 Å². The highest BCUT2D eigenvalue weighted by Crippen LogP contribution is 2.20. The van der Waals surface area contributed by atoms with Crippen LogP contribution >= 0.6 is 0 Å². The van der Waals surface area contributed by atoms with E-state index in [4.69, 9.17) is 4.99 Å². The molecule has 39 heavy (non-hydrogen) atoms. The maximum Gasteiger partial charge on any atom is 0.168 e. The second kappa shape index (κ2) is 17.9. The molecule has 4 rings (SSSR count). The Hall–Kier alpha value is -2.63. The number of allylic oxidation sites excluding steroid dienone is 3. The Morgan fingerprint density at radius 1 is 1.08 bits per heavy atom. The summed E-state index contributed by atoms with van der Waals surface area (Å²) >= 11 is 0. The topological polar surface area (TPSA) is 48.8 Å². The quantitative estimate of drug-likeness (QED) is 0.316. The molecule has 0 aromatic carbocycles. The van der Waals surface area contributed by atoms with Crippen molar-refractivity contribution in [2.45, 2.75) is 86.1 Å². The Kier molecular flexibility index (Phi) is 14.9. The van der Waals surface area contributed by atoms with Crippen molar-refractivity contribution in [2.24, 2.45) is 4.99 Å². The molecule has 0 bridgehead atoms. The van der Waals surface area contributed by atoms with E-state index in [2.05, 4.69) is 79.9 Å². The third-order valence-electron chi connectivity index (χ3n) is 7.62. The Bertz CT molecular complexity index is 1150. The molecule has 0 saturated carbocycles. The minimum absolute atomic E-state index is 0.514. The zero-order chi connectivity index (χ0) is 28.6. The van der Waals surface area contributed by atoms with Gasteiger partial charge in [-0.3, -0.25) is 19.7 Å². The number of aliphatic imine (C=N–C) groups is 1. The van der Waals surface area contributed by atoms with Gasteiger partial charge in [0.2, 0.25) is 0 Å². The molecule has 1 saturated heterocycles. The SMILES string of the molecule is CC.CC/C=C\C(C)=C(/C)CN(CC1=NCCC=C1C)C1CCN(C)CC1.O=Cc1cc2c(cn1)=CCCC=2. The molecule has 0 spiro atoms. The van der Waals surface area contributed by atoms with E-state index in [1.54, 1.807) is 6.20 Å². The van der Waals surface area contributed by atoms with Crippen LogP contribution in [0.15, 0.2) is 52.2 Å². The molecular formula is C34H52N4O. The fourth-order valence-corrected chi connectivity index (χ4v) is 5.02. The van der Waals surface area contributed by atoms with Crippen molar-refractivity contribution in [1.82, 2.24) is 14.8 Å². The number of nitrogens with zero attached hydrogens (tertiary/aromatic N) is 4. The summed E-state index contributed by atoms with van der Waals surface area (Å²) < 4.78 is 0. The molecule has 1 aliphatic carbocycles. The number of hydrogen-bond donors (Lipinski definition) is 0. The minimum Gasteiger partial charge on any atom is -0.306 e. The molecule has 5 heteroatoms. The predicted octanol–water partition coefficient (Wildman–Crippen LogP) is 5.75. The molecular weight excluding hydrogens is 480 g/mol. The Labute approximate surface area is 237 Å². The lowest BCUT2D eigenvalue weighted by Gasteiger charge is -2.38. The van der Waals surface area contributed by atoms with Crippen LogP contribution in [-0.4, -0.2) is 72.6 Å². The third kappa shape index (κ3) is 10.8. The lowest BCUT2D eigenvalue weighted by molar-refractivity contribution is 0.111. The van der Waals surface area contributed by atoms with E-state index in [9.17, 15) is 4.79 Å². The molecule has 0 atom stereocenters. The first-order valence-corrected chi connectivity index (χ1v) is 15.0. The third-order valence-corrected chi connectivity index (χ3v) is 7.62. The second-order valence-electron chi connectivity index (χ2n) is 10.6. The van der Waals surface area contributed by atoms with Crippen LogP contribution in [0.4, 0.5) is 0 Å². The van der Waals surface area contributed by atoms with Gasteiger partial charge in [-0.25, -0.2) is 0 Å². The molecule has 2 aliphatic heterocycles. The van der Waals surface area contributed by atoms with E-state index in [0.717, 1.165) is 62.0 Å². The van der Waals surface area contributed by atoms with Gasteiger partial charge in [0.1, 0.15) is 5.69 Å². The van der Waals surface area contributed by atoms with Crippen LogP contribution < -0.4 is 10.4 Å². The maximum absolute atomic E-state index is 10.4. The molecule has 3 heterocycles. The largest absolute Gasteiger partial charge is 0.306 e. The maximum atomic E-state index is 10.4. The van der Waals surface area contributed by atoms with E-state index in [1.165, 1.54) is 48.4 Å². The predicted molar refractivity (Wildman–Crippen MR) is 169 cm³/mol. The fourth-order valence-electron chi connectivity index (χ4n) is 5.02. The van der Waals surface area contributed by atoms with Crippen molar-refractivity contribution in [3.05, 3.63) is 63.3 Å². The summed E-state index contributed by atoms with van der Waals surface area (Å²) in [5.41, 5.74) is 6.10. The van der Waals surface area contributed by atoms with E-state index < -0.39 is 0 Å². The van der Waals surface area contributed by atoms with E-state index in [1.807, 2.05) is 19.9 Å². The molecule has 0 radical (unpaired) electrons. The van der Waals surface area contributed by atoms with Crippen molar-refractivity contribution in [1.29, 1.82) is 0 Å². The number of carbonyl (C=O) groups is 1. The molecule has 3 aliphatic rings. The zero-order valence-electron chi connectivity index (χ0n) is 25.7. The van der Waals surface area contributed by atoms with Crippen molar-refractivity contribution >= 4 is 24.1 Å². The number of likely N-dealkylation sites (tertiary alicyclic amines) is 1. The summed E-state index contributed by atoms with van der Waals surface area (Å²) in [5, 5.41) is 2.28. The van der Waals surface area contributed by atoms with Gasteiger partial charge in [-0.15, -0.1) is 0 Å². The average molecular weight is 533 g/mol. The standard InChI is InChI=1S/C22H37N3.C10H9NO.C2H6/c1-6-7-9-18(2)20(4)16-25(21-11-14-24(5)15-12-21)17-22-19(3)10-8-13-23-22;12-7-10-5-8-3-1-2-4-9(8)6-11-10;1-2/h7,9-10,21H,6,8,11-17H2,1-5H3;3-7H,1-2H2;1-2H3/b9-7-,20-18+;;. The summed E-state index contributed by atoms with van der Waals surface area (Å²) in [4.78, 5) is 24.4. The van der Waals surface area contributed by atoms with Gasteiger partial charge in [0.15, 0.2) is 6.29 Å². The number of piperidine rings is 1. The highest BCUT2D eigenvalue weighted by atomic mass is 16.1. The Morgan fingerprint density at radius 2 is 1.77 bits per heavy atom. The molecule has 0 unspecified atom stereocenters. The number of dihydropyridines is 1. The number of carbonyl (C=O) groups excluding carboxylic acids is 1. The smallest absolute Gasteiger partial charge is 0.168 e. The number of aromatic nitrogens is 1. The first-order chi connectivity index (χ1) is 18.9. The van der Waals surface area contributed by atoms with Crippen LogP contribution in [0.3, 0.4) is 0 Å². The van der Waals surface area contributed by atoms with E-state index >= 15 is 0 Å². The van der Waals surface area contributed by atoms with Crippen LogP contribution in [0.2, 0.25) is 0 Å². The van der Waals surface area contributed by atoms with Crippen molar-refractivity contribution in [3.63, 3.8) is 0 Å². The summed E-state index contributed by atoms with van der Waals surface area (Å²) in [7, 11) is 2.24. The summed E-state index contributed by atoms with van der Waals surface area (Å²) in [5.74, 6) is 0. The van der Waals surface area contributed by atoms with Crippen LogP contribution in [0, 0.1) is 0 Å². The molecule has 1 aromatic heterocycles. The number of hydrogen-bond acceptors (Lipinski definition) is 5. The summed E-state index contributed by atoms with van der Waals surface area (Å²) in [6.45, 7) is 18.4. The highest BCUT2D eigenvalue weighted by molar-refractivity contribution is 6.01. The van der Waals surface area contributed by atoms with Gasteiger partial charge in [-0.1, -0.05) is 62.3 Å². The lowest BCUT2D eigenvalue weighted by Crippen LogP contribution is -2.46. The van der Waals surface area contributed by atoms with E-state index in [-0.39, 0.29) is 0 Å². The molecule has 1 aromatic rings. The fraction of sp³-hybridized carbons (Fsp3) is 0.559. The average Bonchev–Trinajstić information content (AvgIpc) is 2.98. The molecule has 0 amide bonds. The number of pyridine rings is 1. The van der Waals surface area contributed by atoms with Gasteiger partial charge in [0.25, 0.3) is 0 Å². The van der Waals surface area contributed by atoms with Crippen molar-refractivity contribution in [3.8, 4) is 0 Å². The Balaban J connectivity index is 0.000000315. The van der Waals surface area contributed by atoms with Gasteiger partial charge in [-0.2, -0.15) is 0 Å². The normalized spacial score (nSPS) is 18.3. The summed E-state index contributed by atoms with van der Waals surface area (Å²) in [6.07, 6.45) is 20.6. The van der Waals surface area contributed by atoms with Crippen LogP contribution in [0.25, 0.3) is 12.2 Å². The molecule has 1 fully saturated rings. The Morgan fingerprint density at radius 3 is 2.41 bits per heavy atom. The van der Waals surface area contributed by atoms with Gasteiger partial charge < -0.3 is 4.90 Å². The first-order valence-electron chi connectivity index (χ1n) is 15.0. The minimum atomic E-state index is 0.514. The molecule has 214 valence electrons. The highest BCUT2D eigenvalue weighted by Gasteiger charge is 2.25. The van der Waals surface area contributed by atoms with Crippen molar-refractivity contribution < 1.29 is 4.79 Å². The zero-order valence-corrected chi connectivity index (χ0v) is 25.7. The van der Waals surface area contributed by atoms with Gasteiger partial charge in [-0.05, 0) is 102 Å². The second-order valence-corrected chi connectivity index (χ2v) is 10.6. The number of rotatable bonds is 8. The lowest BCUT2D eigenvalue weighted by atomic mass is 9.99. The number of fused-ring (bicyclic) bond motifs is 1. The van der Waals surface area contributed by atoms with Gasteiger partial charge in [0.05, 0.1) is 5.71 Å². The van der Waals surface area contributed by atoms with Crippen molar-refractivity contribution in [2.75, 3.05) is 39.8 Å². The monoisotopic (exact) mass is 532 g/mol. The number of aldehydes is 1. The van der Waals surface area contributed by atoms with Crippen LogP contribution in [0.1, 0.15) is 90.6 Å². The first kappa shape index (κ1) is 32.6. The van der Waals surface area contributed by atoms with Gasteiger partial charge >= 0.3 is 0 Å². The van der Waals surface area contributed by atoms with Gasteiger partial charge in [0, 0.05) is 31.9 Å². The van der Waals surface area contributed by atoms with Crippen LogP contribution in [0.5, 0.6) is 0 Å². The summed E-state index contributed by atoms with van der Waals surface area (Å²) in [6, 6.07) is 2.50.